The number of carbonyl (C=O) groups is 1. The summed E-state index contributed by atoms with van der Waals surface area (Å²) in [6.07, 6.45) is 1.05. The molecule has 0 heterocycles. The summed E-state index contributed by atoms with van der Waals surface area (Å²) in [5.41, 5.74) is 0.607. The van der Waals surface area contributed by atoms with Crippen molar-refractivity contribution in [3.05, 3.63) is 23.2 Å². The molecule has 3 N–H and O–H groups in total. The van der Waals surface area contributed by atoms with Crippen molar-refractivity contribution in [2.24, 2.45) is 0 Å². The lowest BCUT2D eigenvalue weighted by molar-refractivity contribution is -0.122. The topological polar surface area (TPSA) is 87.3 Å². The summed E-state index contributed by atoms with van der Waals surface area (Å²) in [5, 5.41) is 6.14. The maximum Gasteiger partial charge on any atom is 0.242 e. The molecule has 124 valence electrons. The number of carbonyl (C=O) groups excluding carboxylic acids is 1. The Balaban J connectivity index is 2.79. The minimum atomic E-state index is -3.39. The molecule has 0 unspecified atom stereocenters. The van der Waals surface area contributed by atoms with Gasteiger partial charge in [0.1, 0.15) is 6.04 Å². The highest BCUT2D eigenvalue weighted by molar-refractivity contribution is 7.92. The van der Waals surface area contributed by atoms with Gasteiger partial charge in [0, 0.05) is 11.2 Å². The van der Waals surface area contributed by atoms with Crippen LogP contribution in [-0.2, 0) is 14.8 Å². The fourth-order valence-electron chi connectivity index (χ4n) is 1.68. The third-order valence-electron chi connectivity index (χ3n) is 2.54. The summed E-state index contributed by atoms with van der Waals surface area (Å²) in [7, 11) is -3.39. The van der Waals surface area contributed by atoms with Crippen LogP contribution in [0.15, 0.2) is 18.2 Å². The smallest absolute Gasteiger partial charge is 0.242 e. The molecule has 0 spiro atoms. The molecule has 1 atom stereocenters. The number of hydrogen-bond acceptors (Lipinski definition) is 4. The van der Waals surface area contributed by atoms with Crippen LogP contribution >= 0.6 is 11.6 Å². The van der Waals surface area contributed by atoms with Crippen molar-refractivity contribution < 1.29 is 13.2 Å². The van der Waals surface area contributed by atoms with Gasteiger partial charge in [-0.1, -0.05) is 11.6 Å². The van der Waals surface area contributed by atoms with Crippen molar-refractivity contribution in [1.82, 2.24) is 5.32 Å². The van der Waals surface area contributed by atoms with Crippen molar-refractivity contribution in [3.63, 3.8) is 0 Å². The Morgan fingerprint density at radius 3 is 2.32 bits per heavy atom. The Morgan fingerprint density at radius 2 is 1.86 bits per heavy atom. The SMILES string of the molecule is C[C@@H](Nc1ccc(NS(C)(=O)=O)c(Cl)c1)C(=O)NC(C)(C)C. The minimum absolute atomic E-state index is 0.137. The first-order valence-corrected chi connectivity index (χ1v) is 9.00. The zero-order valence-corrected chi connectivity index (χ0v) is 14.9. The van der Waals surface area contributed by atoms with Gasteiger partial charge in [-0.3, -0.25) is 9.52 Å². The summed E-state index contributed by atoms with van der Waals surface area (Å²) in [6, 6.07) is 4.31. The van der Waals surface area contributed by atoms with Gasteiger partial charge in [-0.2, -0.15) is 0 Å². The lowest BCUT2D eigenvalue weighted by Gasteiger charge is -2.24. The molecule has 6 nitrogen and oxygen atoms in total. The van der Waals surface area contributed by atoms with E-state index in [-0.39, 0.29) is 16.5 Å². The summed E-state index contributed by atoms with van der Waals surface area (Å²) in [5.74, 6) is -0.137. The van der Waals surface area contributed by atoms with Gasteiger partial charge in [0.2, 0.25) is 15.9 Å². The lowest BCUT2D eigenvalue weighted by atomic mass is 10.1. The number of nitrogens with one attached hydrogen (secondary N) is 3. The summed E-state index contributed by atoms with van der Waals surface area (Å²) < 4.78 is 24.7. The van der Waals surface area contributed by atoms with E-state index in [1.165, 1.54) is 0 Å². The van der Waals surface area contributed by atoms with E-state index in [0.717, 1.165) is 6.26 Å². The molecule has 0 fully saturated rings. The number of sulfonamides is 1. The van der Waals surface area contributed by atoms with Gasteiger partial charge in [0.25, 0.3) is 0 Å². The maximum atomic E-state index is 12.0. The highest BCUT2D eigenvalue weighted by Crippen LogP contribution is 2.26. The van der Waals surface area contributed by atoms with Crippen molar-refractivity contribution in [1.29, 1.82) is 0 Å². The van der Waals surface area contributed by atoms with Crippen LogP contribution in [0.25, 0.3) is 0 Å². The zero-order valence-electron chi connectivity index (χ0n) is 13.3. The second-order valence-electron chi connectivity index (χ2n) is 6.17. The fraction of sp³-hybridized carbons (Fsp3) is 0.500. The largest absolute Gasteiger partial charge is 0.374 e. The van der Waals surface area contributed by atoms with Gasteiger partial charge < -0.3 is 10.6 Å². The molecule has 0 aliphatic rings. The summed E-state index contributed by atoms with van der Waals surface area (Å²) >= 11 is 6.04. The van der Waals surface area contributed by atoms with E-state index < -0.39 is 16.1 Å². The van der Waals surface area contributed by atoms with Crippen LogP contribution in [-0.4, -0.2) is 32.2 Å². The number of rotatable bonds is 5. The Morgan fingerprint density at radius 1 is 1.27 bits per heavy atom. The Bertz CT molecular complexity index is 654. The summed E-state index contributed by atoms with van der Waals surface area (Å²) in [4.78, 5) is 12.0. The molecular weight excluding hydrogens is 326 g/mol. The number of benzene rings is 1. The molecule has 0 bridgehead atoms. The third-order valence-corrected chi connectivity index (χ3v) is 3.44. The van der Waals surface area contributed by atoms with E-state index in [4.69, 9.17) is 11.6 Å². The fourth-order valence-corrected chi connectivity index (χ4v) is 2.54. The Hall–Kier alpha value is -1.47. The standard InChI is InChI=1S/C14H22ClN3O3S/c1-9(13(19)17-14(2,3)4)16-10-6-7-12(11(15)8-10)18-22(5,20)21/h6-9,16,18H,1-5H3,(H,17,19)/t9-/m1/s1. The predicted molar refractivity (Wildman–Crippen MR) is 90.9 cm³/mol. The van der Waals surface area contributed by atoms with E-state index in [9.17, 15) is 13.2 Å². The Labute approximate surface area is 136 Å². The van der Waals surface area contributed by atoms with Crippen LogP contribution in [0.1, 0.15) is 27.7 Å². The maximum absolute atomic E-state index is 12.0. The van der Waals surface area contributed by atoms with Crippen LogP contribution < -0.4 is 15.4 Å². The molecule has 0 radical (unpaired) electrons. The molecule has 0 aromatic heterocycles. The molecule has 8 heteroatoms. The van der Waals surface area contributed by atoms with Gasteiger partial charge >= 0.3 is 0 Å². The van der Waals surface area contributed by atoms with Crippen molar-refractivity contribution in [3.8, 4) is 0 Å². The van der Waals surface area contributed by atoms with Crippen molar-refractivity contribution in [2.75, 3.05) is 16.3 Å². The first kappa shape index (κ1) is 18.6. The van der Waals surface area contributed by atoms with Crippen molar-refractivity contribution in [2.45, 2.75) is 39.3 Å². The van der Waals surface area contributed by atoms with Crippen LogP contribution in [0.5, 0.6) is 0 Å². The molecule has 0 saturated carbocycles. The predicted octanol–water partition coefficient (Wildman–Crippen LogP) is 2.43. The quantitative estimate of drug-likeness (QED) is 0.763. The van der Waals surface area contributed by atoms with E-state index >= 15 is 0 Å². The van der Waals surface area contributed by atoms with E-state index in [2.05, 4.69) is 15.4 Å². The van der Waals surface area contributed by atoms with Crippen LogP contribution in [0, 0.1) is 0 Å². The average Bonchev–Trinajstić information content (AvgIpc) is 2.29. The third kappa shape index (κ3) is 6.53. The molecule has 0 saturated heterocycles. The molecule has 1 amide bonds. The Kier molecular flexibility index (Phi) is 5.70. The number of hydrogen-bond donors (Lipinski definition) is 3. The molecule has 1 aromatic carbocycles. The molecule has 0 aliphatic heterocycles. The van der Waals surface area contributed by atoms with Crippen LogP contribution in [0.3, 0.4) is 0 Å². The van der Waals surface area contributed by atoms with Crippen LogP contribution in [0.2, 0.25) is 5.02 Å². The second kappa shape index (κ2) is 6.75. The monoisotopic (exact) mass is 347 g/mol. The first-order valence-electron chi connectivity index (χ1n) is 6.73. The van der Waals surface area contributed by atoms with Gasteiger partial charge in [-0.15, -0.1) is 0 Å². The average molecular weight is 348 g/mol. The number of amides is 1. The number of anilines is 2. The summed E-state index contributed by atoms with van der Waals surface area (Å²) in [6.45, 7) is 7.44. The first-order chi connectivity index (χ1) is 9.87. The molecule has 22 heavy (non-hydrogen) atoms. The lowest BCUT2D eigenvalue weighted by Crippen LogP contribution is -2.47. The zero-order chi connectivity index (χ0) is 17.1. The highest BCUT2D eigenvalue weighted by Gasteiger charge is 2.19. The second-order valence-corrected chi connectivity index (χ2v) is 8.33. The minimum Gasteiger partial charge on any atom is -0.374 e. The van der Waals surface area contributed by atoms with Gasteiger partial charge in [0.05, 0.1) is 17.0 Å². The molecule has 1 rings (SSSR count). The van der Waals surface area contributed by atoms with E-state index in [0.29, 0.717) is 11.4 Å². The molecule has 0 aliphatic carbocycles. The van der Waals surface area contributed by atoms with Gasteiger partial charge in [-0.25, -0.2) is 8.42 Å². The van der Waals surface area contributed by atoms with E-state index in [1.807, 2.05) is 20.8 Å². The van der Waals surface area contributed by atoms with Gasteiger partial charge in [-0.05, 0) is 45.9 Å². The number of halogens is 1. The molecular formula is C14H22ClN3O3S. The van der Waals surface area contributed by atoms with E-state index in [1.54, 1.807) is 25.1 Å². The van der Waals surface area contributed by atoms with Gasteiger partial charge in [0.15, 0.2) is 0 Å². The molecule has 1 aromatic rings. The highest BCUT2D eigenvalue weighted by atomic mass is 35.5. The van der Waals surface area contributed by atoms with Crippen molar-refractivity contribution >= 4 is 38.9 Å². The normalized spacial score (nSPS) is 13.4. The van der Waals surface area contributed by atoms with Crippen LogP contribution in [0.4, 0.5) is 11.4 Å².